The fraction of sp³-hybridized carbons (Fsp3) is 0.667. The van der Waals surface area contributed by atoms with Crippen molar-refractivity contribution in [2.45, 2.75) is 110 Å². The number of hydrogen-bond donors (Lipinski definition) is 1. The minimum absolute atomic E-state index is 0.0184. The Kier molecular flexibility index (Phi) is 27.5. The lowest BCUT2D eigenvalue weighted by molar-refractivity contribution is -0.870. The van der Waals surface area contributed by atoms with Crippen LogP contribution in [0.3, 0.4) is 0 Å². The van der Waals surface area contributed by atoms with Gasteiger partial charge in [0.25, 0.3) is 0 Å². The van der Waals surface area contributed by atoms with Crippen LogP contribution < -0.4 is 0 Å². The molecule has 9 nitrogen and oxygen atoms in total. The number of allylic oxidation sites excluding steroid dienone is 10. The molecule has 0 aliphatic carbocycles. The number of quaternary nitrogens is 1. The molecule has 0 saturated carbocycles. The van der Waals surface area contributed by atoms with Crippen LogP contribution in [0.25, 0.3) is 0 Å². The van der Waals surface area contributed by atoms with Crippen molar-refractivity contribution in [1.82, 2.24) is 0 Å². The lowest BCUT2D eigenvalue weighted by Crippen LogP contribution is -2.37. The van der Waals surface area contributed by atoms with Crippen molar-refractivity contribution in [2.24, 2.45) is 0 Å². The summed E-state index contributed by atoms with van der Waals surface area (Å²) in [5.41, 5.74) is 0. The van der Waals surface area contributed by atoms with E-state index in [0.717, 1.165) is 64.2 Å². The number of phosphoric acid groups is 1. The van der Waals surface area contributed by atoms with E-state index in [0.29, 0.717) is 23.9 Å². The molecular formula is C36H63NO8P+. The fourth-order valence-corrected chi connectivity index (χ4v) is 4.61. The van der Waals surface area contributed by atoms with Gasteiger partial charge in [-0.15, -0.1) is 0 Å². The predicted molar refractivity (Wildman–Crippen MR) is 187 cm³/mol. The van der Waals surface area contributed by atoms with E-state index in [4.69, 9.17) is 18.5 Å². The van der Waals surface area contributed by atoms with Crippen LogP contribution in [-0.4, -0.2) is 74.9 Å². The number of esters is 2. The average Bonchev–Trinajstić information content (AvgIpc) is 2.99. The van der Waals surface area contributed by atoms with E-state index >= 15 is 0 Å². The number of carbonyl (C=O) groups is 2. The molecule has 2 atom stereocenters. The molecule has 0 heterocycles. The average molecular weight is 669 g/mol. The molecule has 0 aliphatic heterocycles. The zero-order valence-electron chi connectivity index (χ0n) is 29.3. The predicted octanol–water partition coefficient (Wildman–Crippen LogP) is 8.56. The van der Waals surface area contributed by atoms with Crippen LogP contribution in [0.4, 0.5) is 0 Å². The monoisotopic (exact) mass is 668 g/mol. The summed E-state index contributed by atoms with van der Waals surface area (Å²) >= 11 is 0. The third-order valence-electron chi connectivity index (χ3n) is 6.56. The Bertz CT molecular complexity index is 981. The topological polar surface area (TPSA) is 108 Å². The highest BCUT2D eigenvalue weighted by atomic mass is 31.2. The second-order valence-electron chi connectivity index (χ2n) is 12.2. The van der Waals surface area contributed by atoms with Crippen molar-refractivity contribution in [3.63, 3.8) is 0 Å². The Hall–Kier alpha value is -2.29. The fourth-order valence-electron chi connectivity index (χ4n) is 3.87. The first-order valence-electron chi connectivity index (χ1n) is 17.0. The summed E-state index contributed by atoms with van der Waals surface area (Å²) in [6.07, 6.45) is 31.8. The quantitative estimate of drug-likeness (QED) is 0.0278. The van der Waals surface area contributed by atoms with Crippen molar-refractivity contribution >= 4 is 19.8 Å². The zero-order valence-corrected chi connectivity index (χ0v) is 30.2. The van der Waals surface area contributed by atoms with Gasteiger partial charge in [-0.05, 0) is 51.4 Å². The van der Waals surface area contributed by atoms with E-state index in [2.05, 4.69) is 68.5 Å². The Morgan fingerprint density at radius 2 is 1.24 bits per heavy atom. The Morgan fingerprint density at radius 1 is 0.696 bits per heavy atom. The highest BCUT2D eigenvalue weighted by Crippen LogP contribution is 2.43. The summed E-state index contributed by atoms with van der Waals surface area (Å²) in [5, 5.41) is 0. The SMILES string of the molecule is CC/C=C\C/C=C\C/C=C\C/C=C\C/C=C\CCCC(=O)OC(COC(=O)CCCCCCC)COP(=O)(O)OCC[N+](C)(C)C. The van der Waals surface area contributed by atoms with Crippen LogP contribution in [0.2, 0.25) is 0 Å². The van der Waals surface area contributed by atoms with E-state index < -0.39 is 32.5 Å². The van der Waals surface area contributed by atoms with Crippen LogP contribution >= 0.6 is 7.82 Å². The molecule has 0 spiro atoms. The molecule has 10 heteroatoms. The van der Waals surface area contributed by atoms with Gasteiger partial charge in [-0.25, -0.2) is 4.57 Å². The third-order valence-corrected chi connectivity index (χ3v) is 7.55. The summed E-state index contributed by atoms with van der Waals surface area (Å²) in [4.78, 5) is 34.8. The number of rotatable bonds is 29. The van der Waals surface area contributed by atoms with Gasteiger partial charge in [0, 0.05) is 12.8 Å². The molecule has 0 fully saturated rings. The number of phosphoric ester groups is 1. The summed E-state index contributed by atoms with van der Waals surface area (Å²) in [6, 6.07) is 0. The summed E-state index contributed by atoms with van der Waals surface area (Å²) in [6.45, 7) is 4.09. The third kappa shape index (κ3) is 31.7. The highest BCUT2D eigenvalue weighted by molar-refractivity contribution is 7.47. The minimum Gasteiger partial charge on any atom is -0.462 e. The van der Waals surface area contributed by atoms with Crippen LogP contribution in [0.15, 0.2) is 60.8 Å². The lowest BCUT2D eigenvalue weighted by atomic mass is 10.1. The van der Waals surface area contributed by atoms with Crippen LogP contribution in [-0.2, 0) is 32.7 Å². The maximum atomic E-state index is 12.5. The van der Waals surface area contributed by atoms with E-state index in [1.165, 1.54) is 0 Å². The molecule has 0 aromatic rings. The first-order chi connectivity index (χ1) is 22.0. The van der Waals surface area contributed by atoms with Gasteiger partial charge in [0.2, 0.25) is 0 Å². The largest absolute Gasteiger partial charge is 0.472 e. The maximum Gasteiger partial charge on any atom is 0.472 e. The summed E-state index contributed by atoms with van der Waals surface area (Å²) < 4.78 is 33.8. The highest BCUT2D eigenvalue weighted by Gasteiger charge is 2.27. The number of ether oxygens (including phenoxy) is 2. The summed E-state index contributed by atoms with van der Waals surface area (Å²) in [7, 11) is 1.42. The molecule has 46 heavy (non-hydrogen) atoms. The second-order valence-corrected chi connectivity index (χ2v) is 13.6. The van der Waals surface area contributed by atoms with Crippen molar-refractivity contribution in [3.8, 4) is 0 Å². The summed E-state index contributed by atoms with van der Waals surface area (Å²) in [5.74, 6) is -0.891. The minimum atomic E-state index is -4.37. The zero-order chi connectivity index (χ0) is 34.4. The van der Waals surface area contributed by atoms with Crippen molar-refractivity contribution in [3.05, 3.63) is 60.8 Å². The molecule has 0 amide bonds. The van der Waals surface area contributed by atoms with Gasteiger partial charge in [-0.3, -0.25) is 18.6 Å². The van der Waals surface area contributed by atoms with Gasteiger partial charge < -0.3 is 18.9 Å². The number of hydrogen-bond acceptors (Lipinski definition) is 7. The van der Waals surface area contributed by atoms with Gasteiger partial charge in [0.05, 0.1) is 27.7 Å². The Labute approximate surface area is 279 Å². The normalized spacial score (nSPS) is 14.7. The molecule has 0 aromatic heterocycles. The van der Waals surface area contributed by atoms with E-state index in [1.54, 1.807) is 0 Å². The number of likely N-dealkylation sites (N-methyl/N-ethyl adjacent to an activating group) is 1. The molecule has 0 bridgehead atoms. The van der Waals surface area contributed by atoms with Gasteiger partial charge in [-0.2, -0.15) is 0 Å². The van der Waals surface area contributed by atoms with Gasteiger partial charge in [0.1, 0.15) is 19.8 Å². The van der Waals surface area contributed by atoms with Gasteiger partial charge in [-0.1, -0.05) is 100 Å². The van der Waals surface area contributed by atoms with Crippen molar-refractivity contribution in [1.29, 1.82) is 0 Å². The maximum absolute atomic E-state index is 12.5. The molecule has 0 rings (SSSR count). The molecule has 0 saturated heterocycles. The number of unbranched alkanes of at least 4 members (excludes halogenated alkanes) is 5. The number of carbonyl (C=O) groups excluding carboxylic acids is 2. The molecule has 0 radical (unpaired) electrons. The van der Waals surface area contributed by atoms with Crippen molar-refractivity contribution in [2.75, 3.05) is 47.5 Å². The standard InChI is InChI=1S/C36H62NO8P/c1-6-8-10-12-13-14-15-16-17-18-19-20-21-22-23-25-27-29-36(39)45-34(32-42-35(38)28-26-24-11-9-7-2)33-44-46(40,41)43-31-30-37(3,4)5/h8,10,13-14,16-17,19-20,22-23,34H,6-7,9,11-12,15,18,21,24-33H2,1-5H3/p+1/b10-8-,14-13-,17-16-,20-19-,23-22-. The van der Waals surface area contributed by atoms with Gasteiger partial charge in [0.15, 0.2) is 6.10 Å². The van der Waals surface area contributed by atoms with Crippen LogP contribution in [0.5, 0.6) is 0 Å². The first-order valence-corrected chi connectivity index (χ1v) is 18.5. The van der Waals surface area contributed by atoms with Crippen LogP contribution in [0, 0.1) is 0 Å². The molecular weight excluding hydrogens is 605 g/mol. The molecule has 1 N–H and O–H groups in total. The molecule has 264 valence electrons. The van der Waals surface area contributed by atoms with Crippen molar-refractivity contribution < 1.29 is 42.1 Å². The molecule has 0 aliphatic rings. The van der Waals surface area contributed by atoms with E-state index in [-0.39, 0.29) is 26.1 Å². The number of nitrogens with zero attached hydrogens (tertiary/aromatic N) is 1. The van der Waals surface area contributed by atoms with E-state index in [1.807, 2.05) is 27.2 Å². The lowest BCUT2D eigenvalue weighted by Gasteiger charge is -2.24. The molecule has 0 aromatic carbocycles. The Balaban J connectivity index is 4.53. The first kappa shape index (κ1) is 43.7. The molecule has 2 unspecified atom stereocenters. The second kappa shape index (κ2) is 28.9. The van der Waals surface area contributed by atoms with Crippen LogP contribution in [0.1, 0.15) is 104 Å². The van der Waals surface area contributed by atoms with E-state index in [9.17, 15) is 19.0 Å². The smallest absolute Gasteiger partial charge is 0.462 e. The van der Waals surface area contributed by atoms with Gasteiger partial charge >= 0.3 is 19.8 Å². The Morgan fingerprint density at radius 3 is 1.80 bits per heavy atom.